The maximum Gasteiger partial charge on any atom is 0.146 e. The highest BCUT2D eigenvalue weighted by Gasteiger charge is 2.25. The Morgan fingerprint density at radius 2 is 1.39 bits per heavy atom. The normalized spacial score (nSPS) is 12.8. The first-order valence-corrected chi connectivity index (χ1v) is 13.9. The van der Waals surface area contributed by atoms with Crippen LogP contribution >= 0.6 is 0 Å². The Labute approximate surface area is 234 Å². The fraction of sp³-hybridized carbons (Fsp3) is 0.0278. The quantitative estimate of drug-likeness (QED) is 0.204. The van der Waals surface area contributed by atoms with E-state index in [-0.39, 0.29) is 0 Å². The van der Waals surface area contributed by atoms with Crippen molar-refractivity contribution in [2.24, 2.45) is 0 Å². The van der Waals surface area contributed by atoms with E-state index in [0.717, 1.165) is 44.9 Å². The monoisotopic (exact) mass is 523 g/mol. The lowest BCUT2D eigenvalue weighted by atomic mass is 9.99. The van der Waals surface area contributed by atoms with Crippen LogP contribution in [0.1, 0.15) is 11.1 Å². The molecule has 5 heterocycles. The van der Waals surface area contributed by atoms with Crippen LogP contribution in [0.5, 0.6) is 0 Å². The molecule has 10 rings (SSSR count). The van der Waals surface area contributed by atoms with Gasteiger partial charge in [-0.05, 0) is 89.3 Å². The van der Waals surface area contributed by atoms with Crippen molar-refractivity contribution in [1.29, 1.82) is 0 Å². The Morgan fingerprint density at radius 3 is 2.32 bits per heavy atom. The Bertz CT molecular complexity index is 2550. The van der Waals surface area contributed by atoms with Crippen molar-refractivity contribution in [2.45, 2.75) is 6.42 Å². The number of aromatic nitrogens is 5. The first-order chi connectivity index (χ1) is 20.3. The minimum absolute atomic E-state index is 0.890. The van der Waals surface area contributed by atoms with E-state index in [4.69, 9.17) is 9.97 Å². The van der Waals surface area contributed by atoms with Gasteiger partial charge in [0.05, 0.1) is 33.8 Å². The highest BCUT2D eigenvalue weighted by Crippen LogP contribution is 2.45. The van der Waals surface area contributed by atoms with Gasteiger partial charge in [-0.3, -0.25) is 14.4 Å². The summed E-state index contributed by atoms with van der Waals surface area (Å²) >= 11 is 0. The van der Waals surface area contributed by atoms with Crippen molar-refractivity contribution >= 4 is 60.3 Å². The number of para-hydroxylation sites is 2. The molecule has 41 heavy (non-hydrogen) atoms. The third-order valence-corrected chi connectivity index (χ3v) is 8.81. The van der Waals surface area contributed by atoms with E-state index in [1.54, 1.807) is 0 Å². The second kappa shape index (κ2) is 7.55. The van der Waals surface area contributed by atoms with Crippen LogP contribution in [0.2, 0.25) is 0 Å². The molecular formula is C36H21N5. The molecule has 1 aliphatic rings. The van der Waals surface area contributed by atoms with Crippen molar-refractivity contribution in [3.05, 3.63) is 127 Å². The zero-order valence-corrected chi connectivity index (χ0v) is 21.9. The van der Waals surface area contributed by atoms with Gasteiger partial charge in [-0.25, -0.2) is 4.98 Å². The Balaban J connectivity index is 1.30. The third-order valence-electron chi connectivity index (χ3n) is 8.81. The summed E-state index contributed by atoms with van der Waals surface area (Å²) in [5.41, 5.74) is 13.9. The molecule has 0 aliphatic heterocycles. The molecule has 0 spiro atoms. The lowest BCUT2D eigenvalue weighted by Gasteiger charge is -2.11. The summed E-state index contributed by atoms with van der Waals surface area (Å²) in [4.78, 5) is 14.3. The third kappa shape index (κ3) is 2.72. The molecule has 9 aromatic rings. The van der Waals surface area contributed by atoms with Crippen LogP contribution in [0.25, 0.3) is 77.1 Å². The molecule has 190 valence electrons. The molecule has 0 radical (unpaired) electrons. The molecule has 5 nitrogen and oxygen atoms in total. The van der Waals surface area contributed by atoms with Gasteiger partial charge >= 0.3 is 0 Å². The maximum absolute atomic E-state index is 5.05. The zero-order valence-electron chi connectivity index (χ0n) is 21.9. The first-order valence-electron chi connectivity index (χ1n) is 13.9. The van der Waals surface area contributed by atoms with E-state index >= 15 is 0 Å². The number of imidazole rings is 1. The summed E-state index contributed by atoms with van der Waals surface area (Å²) in [6, 6.07) is 35.1. The lowest BCUT2D eigenvalue weighted by Crippen LogP contribution is -1.94. The number of benzene rings is 4. The van der Waals surface area contributed by atoms with E-state index in [1.807, 2.05) is 30.7 Å². The van der Waals surface area contributed by atoms with Crippen LogP contribution in [0.15, 0.2) is 116 Å². The second-order valence-corrected chi connectivity index (χ2v) is 11.0. The lowest BCUT2D eigenvalue weighted by molar-refractivity contribution is 1.17. The van der Waals surface area contributed by atoms with Gasteiger partial charge in [0.2, 0.25) is 0 Å². The van der Waals surface area contributed by atoms with Crippen LogP contribution in [-0.4, -0.2) is 23.9 Å². The van der Waals surface area contributed by atoms with Crippen molar-refractivity contribution < 1.29 is 0 Å². The second-order valence-electron chi connectivity index (χ2n) is 11.0. The summed E-state index contributed by atoms with van der Waals surface area (Å²) in [6.07, 6.45) is 6.45. The van der Waals surface area contributed by atoms with Crippen LogP contribution in [-0.2, 0) is 6.42 Å². The summed E-state index contributed by atoms with van der Waals surface area (Å²) in [7, 11) is 0. The number of rotatable bonds is 1. The fourth-order valence-electron chi connectivity index (χ4n) is 7.08. The number of nitrogens with zero attached hydrogens (tertiary/aromatic N) is 5. The summed E-state index contributed by atoms with van der Waals surface area (Å²) < 4.78 is 4.63. The van der Waals surface area contributed by atoms with Crippen molar-refractivity contribution in [3.63, 3.8) is 0 Å². The minimum atomic E-state index is 0.890. The molecule has 0 unspecified atom stereocenters. The van der Waals surface area contributed by atoms with E-state index in [0.29, 0.717) is 0 Å². The highest BCUT2D eigenvalue weighted by atomic mass is 15.0. The van der Waals surface area contributed by atoms with Gasteiger partial charge in [0.25, 0.3) is 0 Å². The molecule has 0 bridgehead atoms. The van der Waals surface area contributed by atoms with Crippen molar-refractivity contribution in [3.8, 4) is 16.8 Å². The standard InChI is InChI=1S/C36H21N5/c1-2-7-23(8-3-1)40-31-10-5-4-9-24(31)27-18-25-22(17-34(27)40)15-21-16-29-28(19-26(21)25)35-33(11-6-13-38-35)41-32-12-14-37-20-30(32)39-36(29)41/h1-14,16-20H,15H2. The fourth-order valence-corrected chi connectivity index (χ4v) is 7.08. The summed E-state index contributed by atoms with van der Waals surface area (Å²) in [6.45, 7) is 0. The van der Waals surface area contributed by atoms with Gasteiger partial charge in [0, 0.05) is 39.6 Å². The highest BCUT2D eigenvalue weighted by molar-refractivity contribution is 6.15. The zero-order chi connectivity index (χ0) is 26.7. The van der Waals surface area contributed by atoms with E-state index in [9.17, 15) is 0 Å². The van der Waals surface area contributed by atoms with Gasteiger partial charge in [-0.1, -0.05) is 36.4 Å². The number of hydrogen-bond acceptors (Lipinski definition) is 3. The molecule has 0 saturated carbocycles. The van der Waals surface area contributed by atoms with Crippen LogP contribution < -0.4 is 0 Å². The van der Waals surface area contributed by atoms with Crippen molar-refractivity contribution in [1.82, 2.24) is 23.9 Å². The number of pyridine rings is 3. The average molecular weight is 524 g/mol. The van der Waals surface area contributed by atoms with Crippen LogP contribution in [0.4, 0.5) is 0 Å². The topological polar surface area (TPSA) is 48.0 Å². The Hall–Kier alpha value is -5.55. The number of fused-ring (bicyclic) bond motifs is 14. The molecule has 0 saturated heterocycles. The van der Waals surface area contributed by atoms with Crippen molar-refractivity contribution in [2.75, 3.05) is 0 Å². The molecule has 1 aliphatic carbocycles. The Kier molecular flexibility index (Phi) is 3.92. The predicted octanol–water partition coefficient (Wildman–Crippen LogP) is 8.25. The summed E-state index contributed by atoms with van der Waals surface area (Å²) in [5.74, 6) is 0. The molecule has 5 aromatic heterocycles. The van der Waals surface area contributed by atoms with Crippen LogP contribution in [0.3, 0.4) is 0 Å². The van der Waals surface area contributed by atoms with E-state index < -0.39 is 0 Å². The predicted molar refractivity (Wildman–Crippen MR) is 166 cm³/mol. The van der Waals surface area contributed by atoms with E-state index in [2.05, 4.69) is 98.9 Å². The molecular weight excluding hydrogens is 502 g/mol. The molecule has 0 amide bonds. The molecule has 0 N–H and O–H groups in total. The molecule has 0 atom stereocenters. The van der Waals surface area contributed by atoms with Gasteiger partial charge in [0.15, 0.2) is 0 Å². The van der Waals surface area contributed by atoms with Gasteiger partial charge in [-0.2, -0.15) is 0 Å². The molecule has 4 aromatic carbocycles. The Morgan fingerprint density at radius 1 is 0.585 bits per heavy atom. The maximum atomic E-state index is 5.05. The van der Waals surface area contributed by atoms with Gasteiger partial charge in [-0.15, -0.1) is 0 Å². The van der Waals surface area contributed by atoms with E-state index in [1.165, 1.54) is 49.7 Å². The smallest absolute Gasteiger partial charge is 0.146 e. The number of hydrogen-bond donors (Lipinski definition) is 0. The largest absolute Gasteiger partial charge is 0.309 e. The molecule has 5 heteroatoms. The minimum Gasteiger partial charge on any atom is -0.309 e. The first kappa shape index (κ1) is 21.3. The SMILES string of the molecule is c1ccc(-n2c3ccccc3c3cc4c(cc32)Cc2cc3c(cc2-4)c2ncccc2n2c4ccncc4nc32)cc1. The molecule has 0 fully saturated rings. The van der Waals surface area contributed by atoms with Crippen LogP contribution in [0, 0.1) is 0 Å². The average Bonchev–Trinajstić information content (AvgIpc) is 3.69. The van der Waals surface area contributed by atoms with Gasteiger partial charge in [0.1, 0.15) is 11.2 Å². The van der Waals surface area contributed by atoms with Gasteiger partial charge < -0.3 is 4.57 Å². The summed E-state index contributed by atoms with van der Waals surface area (Å²) in [5, 5.41) is 4.81.